The summed E-state index contributed by atoms with van der Waals surface area (Å²) in [6.45, 7) is 14.4. The third-order valence-corrected chi connectivity index (χ3v) is 17.0. The Bertz CT molecular complexity index is 128. The molecule has 0 aliphatic rings. The lowest BCUT2D eigenvalue weighted by molar-refractivity contribution is 1.02. The second-order valence-corrected chi connectivity index (χ2v) is 15.2. The average Bonchev–Trinajstić information content (AvgIpc) is 2.33. The van der Waals surface area contributed by atoms with Gasteiger partial charge in [-0.25, -0.2) is 0 Å². The highest BCUT2D eigenvalue weighted by molar-refractivity contribution is 6.93. The zero-order valence-corrected chi connectivity index (χ0v) is 13.7. The van der Waals surface area contributed by atoms with Gasteiger partial charge in [0.2, 0.25) is 0 Å². The molecule has 92 valence electrons. The summed E-state index contributed by atoms with van der Waals surface area (Å²) in [6, 6.07) is 8.47. The first-order valence-corrected chi connectivity index (χ1v) is 12.1. The zero-order chi connectivity index (χ0) is 11.9. The van der Waals surface area contributed by atoms with E-state index >= 15 is 0 Å². The third kappa shape index (κ3) is 3.72. The van der Waals surface area contributed by atoms with E-state index in [1.54, 1.807) is 0 Å². The Kier molecular flexibility index (Phi) is 7.05. The molecule has 3 heteroatoms. The molecule has 0 saturated heterocycles. The third-order valence-electron chi connectivity index (χ3n) is 4.59. The SMILES string of the molecule is CC[Si](CC)(CC)N[Si](CC)(CC)CC. The van der Waals surface area contributed by atoms with Crippen LogP contribution in [0, 0.1) is 0 Å². The predicted octanol–water partition coefficient (Wildman–Crippen LogP) is 4.59. The molecule has 0 heterocycles. The lowest BCUT2D eigenvalue weighted by atomic mass is 10.9. The molecular formula is C12H31NSi2. The maximum atomic E-state index is 4.26. The van der Waals surface area contributed by atoms with Crippen molar-refractivity contribution in [3.05, 3.63) is 0 Å². The first kappa shape index (κ1) is 15.4. The highest BCUT2D eigenvalue weighted by Gasteiger charge is 2.37. The lowest BCUT2D eigenvalue weighted by Crippen LogP contribution is -2.63. The van der Waals surface area contributed by atoms with Crippen LogP contribution in [-0.4, -0.2) is 16.5 Å². The van der Waals surface area contributed by atoms with Gasteiger partial charge in [0.25, 0.3) is 0 Å². The van der Waals surface area contributed by atoms with Gasteiger partial charge in [-0.1, -0.05) is 41.5 Å². The summed E-state index contributed by atoms with van der Waals surface area (Å²) in [5, 5.41) is 0. The largest absolute Gasteiger partial charge is 0.359 e. The fourth-order valence-corrected chi connectivity index (χ4v) is 14.3. The molecule has 1 nitrogen and oxygen atoms in total. The molecule has 0 bridgehead atoms. The Hall–Kier alpha value is 0.394. The highest BCUT2D eigenvalue weighted by Crippen LogP contribution is 2.25. The van der Waals surface area contributed by atoms with Crippen molar-refractivity contribution in [1.82, 2.24) is 4.65 Å². The summed E-state index contributed by atoms with van der Waals surface area (Å²) < 4.78 is 4.26. The molecule has 0 aromatic heterocycles. The highest BCUT2D eigenvalue weighted by atomic mass is 28.4. The van der Waals surface area contributed by atoms with Gasteiger partial charge < -0.3 is 4.65 Å². The molecule has 0 aliphatic heterocycles. The van der Waals surface area contributed by atoms with Crippen LogP contribution in [0.5, 0.6) is 0 Å². The molecule has 0 rings (SSSR count). The van der Waals surface area contributed by atoms with E-state index in [0.717, 1.165) is 0 Å². The summed E-state index contributed by atoms with van der Waals surface area (Å²) in [7, 11) is -2.21. The van der Waals surface area contributed by atoms with E-state index in [0.29, 0.717) is 0 Å². The van der Waals surface area contributed by atoms with Gasteiger partial charge in [-0.15, -0.1) is 0 Å². The van der Waals surface area contributed by atoms with Crippen LogP contribution in [0.3, 0.4) is 0 Å². The van der Waals surface area contributed by atoms with Gasteiger partial charge in [-0.05, 0) is 36.3 Å². The lowest BCUT2D eigenvalue weighted by Gasteiger charge is -2.41. The molecule has 0 radical (unpaired) electrons. The van der Waals surface area contributed by atoms with Crippen molar-refractivity contribution in [2.24, 2.45) is 0 Å². The van der Waals surface area contributed by atoms with Crippen LogP contribution >= 0.6 is 0 Å². The molecule has 0 amide bonds. The predicted molar refractivity (Wildman–Crippen MR) is 77.5 cm³/mol. The van der Waals surface area contributed by atoms with E-state index in [1.807, 2.05) is 0 Å². The average molecular weight is 246 g/mol. The van der Waals surface area contributed by atoms with Crippen LogP contribution in [0.15, 0.2) is 0 Å². The summed E-state index contributed by atoms with van der Waals surface area (Å²) >= 11 is 0. The van der Waals surface area contributed by atoms with Crippen molar-refractivity contribution >= 4 is 16.5 Å². The van der Waals surface area contributed by atoms with E-state index in [9.17, 15) is 0 Å². The molecule has 0 aromatic carbocycles. The van der Waals surface area contributed by atoms with Crippen LogP contribution in [0.2, 0.25) is 36.3 Å². The molecule has 0 aromatic rings. The minimum Gasteiger partial charge on any atom is -0.359 e. The van der Waals surface area contributed by atoms with E-state index in [1.165, 1.54) is 36.3 Å². The fraction of sp³-hybridized carbons (Fsp3) is 1.00. The molecule has 0 unspecified atom stereocenters. The van der Waals surface area contributed by atoms with Gasteiger partial charge in [0.05, 0.1) is 0 Å². The van der Waals surface area contributed by atoms with E-state index in [2.05, 4.69) is 46.2 Å². The van der Waals surface area contributed by atoms with Gasteiger partial charge in [-0.3, -0.25) is 0 Å². The normalized spacial score (nSPS) is 13.2. The van der Waals surface area contributed by atoms with Crippen molar-refractivity contribution in [2.75, 3.05) is 0 Å². The van der Waals surface area contributed by atoms with Gasteiger partial charge in [-0.2, -0.15) is 0 Å². The van der Waals surface area contributed by atoms with Crippen LogP contribution in [-0.2, 0) is 0 Å². The quantitative estimate of drug-likeness (QED) is 0.617. The van der Waals surface area contributed by atoms with Gasteiger partial charge >= 0.3 is 0 Å². The van der Waals surface area contributed by atoms with Crippen molar-refractivity contribution in [3.63, 3.8) is 0 Å². The Morgan fingerprint density at radius 2 is 0.733 bits per heavy atom. The van der Waals surface area contributed by atoms with Gasteiger partial charge in [0.15, 0.2) is 0 Å². The molecule has 0 fully saturated rings. The summed E-state index contributed by atoms with van der Waals surface area (Å²) in [4.78, 5) is 0. The van der Waals surface area contributed by atoms with E-state index in [-0.39, 0.29) is 0 Å². The minimum atomic E-state index is -1.10. The number of nitrogens with one attached hydrogen (secondary N) is 1. The second-order valence-electron chi connectivity index (χ2n) is 4.81. The molecule has 0 saturated carbocycles. The Balaban J connectivity index is 4.74. The first-order chi connectivity index (χ1) is 7.07. The smallest absolute Gasteiger partial charge is 0.118 e. The first-order valence-electron chi connectivity index (χ1n) is 6.86. The summed E-state index contributed by atoms with van der Waals surface area (Å²) in [5.74, 6) is 0. The van der Waals surface area contributed by atoms with Crippen LogP contribution in [0.25, 0.3) is 0 Å². The van der Waals surface area contributed by atoms with Crippen LogP contribution in [0.4, 0.5) is 0 Å². The zero-order valence-electron chi connectivity index (χ0n) is 11.7. The van der Waals surface area contributed by atoms with Crippen LogP contribution in [0.1, 0.15) is 41.5 Å². The number of rotatable bonds is 8. The van der Waals surface area contributed by atoms with E-state index in [4.69, 9.17) is 0 Å². The second kappa shape index (κ2) is 6.87. The maximum absolute atomic E-state index is 4.26. The van der Waals surface area contributed by atoms with E-state index < -0.39 is 16.5 Å². The molecule has 0 spiro atoms. The fourth-order valence-electron chi connectivity index (χ4n) is 2.59. The molecule has 0 aliphatic carbocycles. The van der Waals surface area contributed by atoms with Gasteiger partial charge in [0.1, 0.15) is 16.5 Å². The molecular weight excluding hydrogens is 214 g/mol. The topological polar surface area (TPSA) is 12.0 Å². The molecule has 0 atom stereocenters. The minimum absolute atomic E-state index is 1.10. The number of hydrogen-bond acceptors (Lipinski definition) is 1. The van der Waals surface area contributed by atoms with Gasteiger partial charge in [0, 0.05) is 0 Å². The van der Waals surface area contributed by atoms with Crippen molar-refractivity contribution in [2.45, 2.75) is 77.8 Å². The summed E-state index contributed by atoms with van der Waals surface area (Å²) in [6.07, 6.45) is 0. The standard InChI is InChI=1S/C12H31NSi2/c1-7-14(8-2,9-3)13-15(10-4,11-5)12-6/h13H,7-12H2,1-6H3. The Morgan fingerprint density at radius 1 is 0.533 bits per heavy atom. The monoisotopic (exact) mass is 245 g/mol. The molecule has 1 N–H and O–H groups in total. The van der Waals surface area contributed by atoms with Crippen LogP contribution < -0.4 is 4.65 Å². The Labute approximate surface area is 99.2 Å². The Morgan fingerprint density at radius 3 is 0.867 bits per heavy atom. The van der Waals surface area contributed by atoms with Crippen molar-refractivity contribution < 1.29 is 0 Å². The maximum Gasteiger partial charge on any atom is 0.118 e. The van der Waals surface area contributed by atoms with Crippen molar-refractivity contribution in [3.8, 4) is 0 Å². The summed E-state index contributed by atoms with van der Waals surface area (Å²) in [5.41, 5.74) is 0. The van der Waals surface area contributed by atoms with Crippen molar-refractivity contribution in [1.29, 1.82) is 0 Å². The molecule has 15 heavy (non-hydrogen) atoms. The number of hydrogen-bond donors (Lipinski definition) is 1.